The number of rotatable bonds is 11. The summed E-state index contributed by atoms with van der Waals surface area (Å²) in [4.78, 5) is 62.9. The maximum Gasteiger partial charge on any atom is 0.416 e. The molecule has 0 amide bonds. The molecule has 14 nitrogen and oxygen atoms in total. The van der Waals surface area contributed by atoms with Crippen LogP contribution in [0, 0.1) is 15.9 Å². The second-order valence-electron chi connectivity index (χ2n) is 11.3. The normalized spacial score (nSPS) is 13.1. The molecular weight excluding hydrogens is 835 g/mol. The SMILES string of the molecule is CCOC(=O)C(C)OC(=O)c1cc(Oc2ccc(C(F)(F)F)cc2Cl)ccc1[N+](=O)[O-].COC(=O)CSc1cc(N=c2sc(=O)n3n2CCCC3)c(F)cc1Cl. The molecule has 1 aliphatic heterocycles. The van der Waals surface area contributed by atoms with E-state index in [0.29, 0.717) is 28.9 Å². The number of carbonyl (C=O) groups is 3. The molecule has 0 saturated carbocycles. The molecule has 4 aromatic rings. The molecule has 56 heavy (non-hydrogen) atoms. The first-order chi connectivity index (χ1) is 26.4. The second-order valence-corrected chi connectivity index (χ2v) is 14.0. The molecule has 1 unspecified atom stereocenters. The van der Waals surface area contributed by atoms with Crippen LogP contribution in [0.25, 0.3) is 0 Å². The quantitative estimate of drug-likeness (QED) is 0.0358. The first kappa shape index (κ1) is 43.8. The van der Waals surface area contributed by atoms with E-state index >= 15 is 0 Å². The van der Waals surface area contributed by atoms with Gasteiger partial charge < -0.3 is 18.9 Å². The number of nitro benzene ring substituents is 1. The van der Waals surface area contributed by atoms with Crippen molar-refractivity contribution in [3.05, 3.63) is 100 Å². The van der Waals surface area contributed by atoms with Crippen LogP contribution in [0.3, 0.4) is 0 Å². The van der Waals surface area contributed by atoms with Gasteiger partial charge in [-0.25, -0.2) is 23.7 Å². The van der Waals surface area contributed by atoms with Crippen LogP contribution in [-0.2, 0) is 43.1 Å². The minimum atomic E-state index is -4.61. The summed E-state index contributed by atoms with van der Waals surface area (Å²) in [5, 5.41) is 11.1. The van der Waals surface area contributed by atoms with E-state index in [1.165, 1.54) is 20.1 Å². The third kappa shape index (κ3) is 11.3. The number of thioether (sulfide) groups is 1. The van der Waals surface area contributed by atoms with E-state index in [4.69, 9.17) is 37.4 Å². The van der Waals surface area contributed by atoms with Gasteiger partial charge in [0.15, 0.2) is 6.10 Å². The van der Waals surface area contributed by atoms with Gasteiger partial charge in [-0.3, -0.25) is 24.4 Å². The highest BCUT2D eigenvalue weighted by molar-refractivity contribution is 8.00. The molecular formula is C34H30Cl2F4N4O10S2. The number of carbonyl (C=O) groups excluding carboxylic acids is 3. The fourth-order valence-corrected chi connectivity index (χ4v) is 6.96. The fourth-order valence-electron chi connectivity index (χ4n) is 4.75. The van der Waals surface area contributed by atoms with Crippen molar-refractivity contribution in [3.63, 3.8) is 0 Å². The lowest BCUT2D eigenvalue weighted by atomic mass is 10.1. The van der Waals surface area contributed by atoms with Gasteiger partial charge in [-0.15, -0.1) is 11.8 Å². The van der Waals surface area contributed by atoms with Crippen molar-refractivity contribution in [2.75, 3.05) is 19.5 Å². The summed E-state index contributed by atoms with van der Waals surface area (Å²) in [6.45, 7) is 4.14. The third-order valence-corrected chi connectivity index (χ3v) is 10.1. The molecule has 0 radical (unpaired) electrons. The molecule has 0 N–H and O–H groups in total. The van der Waals surface area contributed by atoms with E-state index in [-0.39, 0.29) is 44.5 Å². The van der Waals surface area contributed by atoms with Crippen LogP contribution in [0.1, 0.15) is 42.6 Å². The maximum atomic E-state index is 14.3. The van der Waals surface area contributed by atoms with Crippen LogP contribution in [0.5, 0.6) is 11.5 Å². The number of nitro groups is 1. The zero-order chi connectivity index (χ0) is 41.3. The number of fused-ring (bicyclic) bond motifs is 1. The molecule has 0 spiro atoms. The van der Waals surface area contributed by atoms with Crippen LogP contribution in [0.15, 0.2) is 63.2 Å². The number of methoxy groups -OCH3 is 1. The van der Waals surface area contributed by atoms with Gasteiger partial charge in [0, 0.05) is 30.1 Å². The lowest BCUT2D eigenvalue weighted by Gasteiger charge is -2.15. The Morgan fingerprint density at radius 1 is 1.05 bits per heavy atom. The van der Waals surface area contributed by atoms with Crippen LogP contribution in [0.4, 0.5) is 28.9 Å². The Bertz CT molecular complexity index is 2260. The predicted octanol–water partition coefficient (Wildman–Crippen LogP) is 7.96. The van der Waals surface area contributed by atoms with E-state index in [9.17, 15) is 46.9 Å². The average Bonchev–Trinajstić information content (AvgIpc) is 3.47. The van der Waals surface area contributed by atoms with Crippen molar-refractivity contribution in [1.29, 1.82) is 0 Å². The second kappa shape index (κ2) is 19.3. The number of halogens is 6. The standard InChI is InChI=1S/C19H15ClF3NO7.C15H15ClFN3O3S2/c1-3-29-17(25)10(2)30-18(26)13-9-12(5-6-15(13)24(27)28)31-16-7-4-11(8-14(16)20)19(21,22)23;1-23-13(21)8-24-12-7-11(10(17)6-9(12)16)18-14-19-4-2-3-5-20(19)15(22)25-14/h4-10H,3H2,1-2H3;6-7H,2-5,8H2,1H3. The number of nitrogens with zero attached hydrogens (tertiary/aromatic N) is 4. The molecule has 3 aromatic carbocycles. The van der Waals surface area contributed by atoms with E-state index < -0.39 is 57.7 Å². The molecule has 5 rings (SSSR count). The van der Waals surface area contributed by atoms with Crippen molar-refractivity contribution in [2.45, 2.75) is 57.0 Å². The minimum Gasteiger partial charge on any atom is -0.468 e. The van der Waals surface area contributed by atoms with Crippen LogP contribution in [-0.4, -0.2) is 57.8 Å². The van der Waals surface area contributed by atoms with E-state index in [1.54, 1.807) is 16.3 Å². The van der Waals surface area contributed by atoms with E-state index in [1.807, 2.05) is 0 Å². The Morgan fingerprint density at radius 2 is 1.75 bits per heavy atom. The Hall–Kier alpha value is -4.92. The number of benzene rings is 3. The third-order valence-electron chi connectivity index (χ3n) is 7.46. The number of alkyl halides is 3. The molecule has 0 aliphatic carbocycles. The van der Waals surface area contributed by atoms with Gasteiger partial charge in [0.25, 0.3) is 5.69 Å². The molecule has 22 heteroatoms. The summed E-state index contributed by atoms with van der Waals surface area (Å²) in [6, 6.07) is 8.02. The molecule has 1 aromatic heterocycles. The molecule has 1 atom stereocenters. The lowest BCUT2D eigenvalue weighted by molar-refractivity contribution is -0.385. The Kier molecular flexibility index (Phi) is 15.1. The van der Waals surface area contributed by atoms with Crippen LogP contribution in [0.2, 0.25) is 10.0 Å². The van der Waals surface area contributed by atoms with Gasteiger partial charge in [0.2, 0.25) is 4.80 Å². The Labute approximate surface area is 332 Å². The highest BCUT2D eigenvalue weighted by atomic mass is 35.5. The van der Waals surface area contributed by atoms with Crippen molar-refractivity contribution in [2.24, 2.45) is 4.99 Å². The summed E-state index contributed by atoms with van der Waals surface area (Å²) in [5.74, 6) is -3.28. The summed E-state index contributed by atoms with van der Waals surface area (Å²) < 4.78 is 75.5. The largest absolute Gasteiger partial charge is 0.468 e. The van der Waals surface area contributed by atoms with Gasteiger partial charge in [-0.2, -0.15) is 13.2 Å². The molecule has 2 heterocycles. The predicted molar refractivity (Wildman–Crippen MR) is 196 cm³/mol. The van der Waals surface area contributed by atoms with Crippen molar-refractivity contribution >= 4 is 75.6 Å². The lowest BCUT2D eigenvalue weighted by Crippen LogP contribution is -2.31. The highest BCUT2D eigenvalue weighted by Gasteiger charge is 2.31. The average molecular weight is 866 g/mol. The smallest absolute Gasteiger partial charge is 0.416 e. The molecule has 0 bridgehead atoms. The number of esters is 3. The Balaban J connectivity index is 0.000000254. The molecule has 1 aliphatic rings. The summed E-state index contributed by atoms with van der Waals surface area (Å²) >= 11 is 14.0. The minimum absolute atomic E-state index is 0.0398. The zero-order valence-corrected chi connectivity index (χ0v) is 32.5. The van der Waals surface area contributed by atoms with Crippen LogP contribution < -0.4 is 14.4 Å². The fraction of sp³-hybridized carbons (Fsp3) is 0.324. The monoisotopic (exact) mass is 864 g/mol. The van der Waals surface area contributed by atoms with Crippen LogP contribution >= 0.6 is 46.3 Å². The summed E-state index contributed by atoms with van der Waals surface area (Å²) in [5.41, 5.74) is -2.08. The first-order valence-corrected chi connectivity index (χ1v) is 18.7. The number of hydrogen-bond acceptors (Lipinski definition) is 13. The molecule has 0 fully saturated rings. The van der Waals surface area contributed by atoms with Gasteiger partial charge in [0.05, 0.1) is 40.0 Å². The molecule has 0 saturated heterocycles. The summed E-state index contributed by atoms with van der Waals surface area (Å²) in [6.07, 6.45) is -4.05. The number of aromatic nitrogens is 2. The van der Waals surface area contributed by atoms with Gasteiger partial charge >= 0.3 is 29.0 Å². The van der Waals surface area contributed by atoms with E-state index in [2.05, 4.69) is 9.73 Å². The van der Waals surface area contributed by atoms with Gasteiger partial charge in [0.1, 0.15) is 28.6 Å². The van der Waals surface area contributed by atoms with Gasteiger partial charge in [-0.05, 0) is 74.4 Å². The number of ether oxygens (including phenoxy) is 4. The van der Waals surface area contributed by atoms with Crippen molar-refractivity contribution in [1.82, 2.24) is 9.36 Å². The topological polar surface area (TPSA) is 171 Å². The number of hydrogen-bond donors (Lipinski definition) is 0. The van der Waals surface area contributed by atoms with Crippen molar-refractivity contribution in [3.8, 4) is 11.5 Å². The first-order valence-electron chi connectivity index (χ1n) is 16.2. The Morgan fingerprint density at radius 3 is 2.38 bits per heavy atom. The zero-order valence-electron chi connectivity index (χ0n) is 29.4. The highest BCUT2D eigenvalue weighted by Crippen LogP contribution is 2.37. The van der Waals surface area contributed by atoms with Gasteiger partial charge in [-0.1, -0.05) is 23.2 Å². The summed E-state index contributed by atoms with van der Waals surface area (Å²) in [7, 11) is 1.30. The molecule has 300 valence electrons. The maximum absolute atomic E-state index is 14.3. The van der Waals surface area contributed by atoms with E-state index in [0.717, 1.165) is 72.3 Å². The van der Waals surface area contributed by atoms with Crippen molar-refractivity contribution < 1.29 is 55.8 Å².